The molecule has 0 aromatic carbocycles. The molecular formula is C19H38N2O6. The number of amides is 2. The number of rotatable bonds is 18. The molecule has 8 nitrogen and oxygen atoms in total. The maximum atomic E-state index is 12.3. The van der Waals surface area contributed by atoms with Gasteiger partial charge in [-0.3, -0.25) is 9.59 Å². The first kappa shape index (κ1) is 25.8. The summed E-state index contributed by atoms with van der Waals surface area (Å²) in [5.74, 6) is -0.871. The summed E-state index contributed by atoms with van der Waals surface area (Å²) in [6, 6.07) is 0. The van der Waals surface area contributed by atoms with Gasteiger partial charge in [-0.25, -0.2) is 0 Å². The average Bonchev–Trinajstić information content (AvgIpc) is 2.60. The molecule has 0 atom stereocenters. The van der Waals surface area contributed by atoms with Crippen LogP contribution < -0.4 is 5.73 Å². The van der Waals surface area contributed by atoms with E-state index >= 15 is 0 Å². The van der Waals surface area contributed by atoms with Gasteiger partial charge in [-0.1, -0.05) is 0 Å². The molecule has 0 heterocycles. The van der Waals surface area contributed by atoms with Gasteiger partial charge in [-0.05, 0) is 40.5 Å². The molecule has 0 aromatic rings. The second-order valence-corrected chi connectivity index (χ2v) is 5.99. The number of hydrogen-bond acceptors (Lipinski definition) is 6. The van der Waals surface area contributed by atoms with Crippen LogP contribution in [0.1, 0.15) is 59.8 Å². The molecular weight excluding hydrogens is 352 g/mol. The van der Waals surface area contributed by atoms with E-state index in [2.05, 4.69) is 0 Å². The molecule has 8 heteroatoms. The summed E-state index contributed by atoms with van der Waals surface area (Å²) < 4.78 is 22.1. The van der Waals surface area contributed by atoms with Crippen molar-refractivity contribution < 1.29 is 28.5 Å². The van der Waals surface area contributed by atoms with Crippen LogP contribution in [0.4, 0.5) is 0 Å². The lowest BCUT2D eigenvalue weighted by Crippen LogP contribution is -2.36. The summed E-state index contributed by atoms with van der Waals surface area (Å²) in [6.07, 6.45) is 1.98. The minimum atomic E-state index is -0.618. The first-order valence-corrected chi connectivity index (χ1v) is 10.0. The third-order valence-corrected chi connectivity index (χ3v) is 3.82. The Bertz CT molecular complexity index is 360. The maximum Gasteiger partial charge on any atom is 0.231 e. The van der Waals surface area contributed by atoms with Crippen molar-refractivity contribution in [1.29, 1.82) is 0 Å². The van der Waals surface area contributed by atoms with Gasteiger partial charge in [0.15, 0.2) is 12.6 Å². The third kappa shape index (κ3) is 13.6. The Balaban J connectivity index is 4.54. The van der Waals surface area contributed by atoms with Gasteiger partial charge < -0.3 is 29.6 Å². The minimum absolute atomic E-state index is 0.253. The van der Waals surface area contributed by atoms with E-state index in [4.69, 9.17) is 24.7 Å². The molecule has 0 bridgehead atoms. The Labute approximate surface area is 163 Å². The van der Waals surface area contributed by atoms with Crippen molar-refractivity contribution in [1.82, 2.24) is 4.90 Å². The fraction of sp³-hybridized carbons (Fsp3) is 0.895. The van der Waals surface area contributed by atoms with E-state index in [1.165, 1.54) is 0 Å². The van der Waals surface area contributed by atoms with Crippen molar-refractivity contribution in [2.24, 2.45) is 5.73 Å². The first-order valence-electron chi connectivity index (χ1n) is 10.0. The van der Waals surface area contributed by atoms with Gasteiger partial charge >= 0.3 is 0 Å². The van der Waals surface area contributed by atoms with Crippen LogP contribution in [0.5, 0.6) is 0 Å². The van der Waals surface area contributed by atoms with E-state index in [1.54, 1.807) is 4.90 Å². The number of nitrogens with zero attached hydrogens (tertiary/aromatic N) is 1. The van der Waals surface area contributed by atoms with Gasteiger partial charge in [0.25, 0.3) is 0 Å². The molecule has 0 fully saturated rings. The Morgan fingerprint density at radius 1 is 0.778 bits per heavy atom. The fourth-order valence-corrected chi connectivity index (χ4v) is 2.69. The van der Waals surface area contributed by atoms with Crippen molar-refractivity contribution in [3.8, 4) is 0 Å². The Hall–Kier alpha value is -1.22. The Kier molecular flexibility index (Phi) is 16.2. The van der Waals surface area contributed by atoms with E-state index < -0.39 is 5.91 Å². The molecule has 2 N–H and O–H groups in total. The number of carbonyl (C=O) groups excluding carboxylic acids is 2. The highest BCUT2D eigenvalue weighted by atomic mass is 16.7. The van der Waals surface area contributed by atoms with Crippen molar-refractivity contribution in [3.05, 3.63) is 0 Å². The van der Waals surface area contributed by atoms with Crippen LogP contribution in [0.3, 0.4) is 0 Å². The number of hydrogen-bond donors (Lipinski definition) is 1. The molecule has 0 spiro atoms. The van der Waals surface area contributed by atoms with E-state index in [9.17, 15) is 9.59 Å². The standard InChI is InChI=1S/C19H38N2O6/c1-5-24-18(25-6-2)11-9-13-21(17(23)15-16(20)22)14-10-12-19(26-7-3)27-8-4/h18-19H,5-15H2,1-4H3,(H2,20,22). The highest BCUT2D eigenvalue weighted by molar-refractivity contribution is 5.96. The lowest BCUT2D eigenvalue weighted by Gasteiger charge is -2.25. The molecule has 0 aromatic heterocycles. The molecule has 27 heavy (non-hydrogen) atoms. The number of nitrogens with two attached hydrogens (primary N) is 1. The molecule has 160 valence electrons. The summed E-state index contributed by atoms with van der Waals surface area (Å²) in [6.45, 7) is 11.0. The Morgan fingerprint density at radius 2 is 1.15 bits per heavy atom. The number of primary amides is 1. The van der Waals surface area contributed by atoms with Gasteiger partial charge in [0.05, 0.1) is 0 Å². The van der Waals surface area contributed by atoms with Crippen LogP contribution in [-0.4, -0.2) is 68.8 Å². The molecule has 0 saturated heterocycles. The summed E-state index contributed by atoms with van der Waals surface area (Å²) >= 11 is 0. The van der Waals surface area contributed by atoms with Crippen LogP contribution in [0.2, 0.25) is 0 Å². The average molecular weight is 391 g/mol. The third-order valence-electron chi connectivity index (χ3n) is 3.82. The predicted molar refractivity (Wildman–Crippen MR) is 103 cm³/mol. The highest BCUT2D eigenvalue weighted by Gasteiger charge is 2.18. The number of ether oxygens (including phenoxy) is 4. The molecule has 2 amide bonds. The van der Waals surface area contributed by atoms with Crippen LogP contribution in [0.25, 0.3) is 0 Å². The smallest absolute Gasteiger partial charge is 0.231 e. The van der Waals surface area contributed by atoms with Gasteiger partial charge in [-0.2, -0.15) is 0 Å². The molecule has 0 saturated carbocycles. The van der Waals surface area contributed by atoms with Gasteiger partial charge in [0.1, 0.15) is 6.42 Å². The maximum absolute atomic E-state index is 12.3. The second-order valence-electron chi connectivity index (χ2n) is 5.99. The minimum Gasteiger partial charge on any atom is -0.369 e. The normalized spacial score (nSPS) is 11.3. The van der Waals surface area contributed by atoms with Crippen LogP contribution >= 0.6 is 0 Å². The predicted octanol–water partition coefficient (Wildman–Crippen LogP) is 2.05. The fourth-order valence-electron chi connectivity index (χ4n) is 2.69. The first-order chi connectivity index (χ1) is 13.0. The lowest BCUT2D eigenvalue weighted by molar-refractivity contribution is -0.145. The zero-order valence-corrected chi connectivity index (χ0v) is 17.4. The zero-order chi connectivity index (χ0) is 20.5. The van der Waals surface area contributed by atoms with Crippen LogP contribution in [-0.2, 0) is 28.5 Å². The van der Waals surface area contributed by atoms with Crippen LogP contribution in [0, 0.1) is 0 Å². The van der Waals surface area contributed by atoms with E-state index in [-0.39, 0.29) is 24.9 Å². The topological polar surface area (TPSA) is 100 Å². The Morgan fingerprint density at radius 3 is 1.44 bits per heavy atom. The van der Waals surface area contributed by atoms with E-state index in [0.29, 0.717) is 52.4 Å². The summed E-state index contributed by atoms with van der Waals surface area (Å²) in [4.78, 5) is 25.1. The molecule has 0 aliphatic heterocycles. The molecule has 0 unspecified atom stereocenters. The SMILES string of the molecule is CCOC(CCCN(CCCC(OCC)OCC)C(=O)CC(N)=O)OCC. The molecule has 0 aliphatic carbocycles. The van der Waals surface area contributed by atoms with Crippen molar-refractivity contribution >= 4 is 11.8 Å². The zero-order valence-electron chi connectivity index (χ0n) is 17.4. The monoisotopic (exact) mass is 390 g/mol. The van der Waals surface area contributed by atoms with E-state index in [0.717, 1.165) is 12.8 Å². The number of carbonyl (C=O) groups is 2. The van der Waals surface area contributed by atoms with Crippen molar-refractivity contribution in [2.45, 2.75) is 72.4 Å². The van der Waals surface area contributed by atoms with E-state index in [1.807, 2.05) is 27.7 Å². The quantitative estimate of drug-likeness (QED) is 0.284. The molecule has 0 radical (unpaired) electrons. The summed E-state index contributed by atoms with van der Waals surface area (Å²) in [5.41, 5.74) is 5.18. The lowest BCUT2D eigenvalue weighted by atomic mass is 10.2. The highest BCUT2D eigenvalue weighted by Crippen LogP contribution is 2.10. The van der Waals surface area contributed by atoms with Crippen molar-refractivity contribution in [2.75, 3.05) is 39.5 Å². The summed E-state index contributed by atoms with van der Waals surface area (Å²) in [5, 5.41) is 0. The molecule has 0 rings (SSSR count). The summed E-state index contributed by atoms with van der Waals surface area (Å²) in [7, 11) is 0. The van der Waals surface area contributed by atoms with Gasteiger partial charge in [-0.15, -0.1) is 0 Å². The van der Waals surface area contributed by atoms with Gasteiger partial charge in [0.2, 0.25) is 11.8 Å². The largest absolute Gasteiger partial charge is 0.369 e. The van der Waals surface area contributed by atoms with Crippen molar-refractivity contribution in [3.63, 3.8) is 0 Å². The van der Waals surface area contributed by atoms with Crippen LogP contribution in [0.15, 0.2) is 0 Å². The molecule has 0 aliphatic rings. The second kappa shape index (κ2) is 16.9. The van der Waals surface area contributed by atoms with Gasteiger partial charge in [0, 0.05) is 52.4 Å².